The molecule has 4 unspecified atom stereocenters. The van der Waals surface area contributed by atoms with Crippen LogP contribution in [0.15, 0.2) is 83.3 Å². The van der Waals surface area contributed by atoms with Gasteiger partial charge in [-0.15, -0.1) is 0 Å². The molecule has 48 heavy (non-hydrogen) atoms. The van der Waals surface area contributed by atoms with Crippen LogP contribution in [0, 0.1) is 39.5 Å². The number of ether oxygens (including phenoxy) is 2. The molecule has 5 rings (SSSR count). The van der Waals surface area contributed by atoms with Crippen molar-refractivity contribution in [2.75, 3.05) is 17.7 Å². The highest BCUT2D eigenvalue weighted by molar-refractivity contribution is 9.10. The van der Waals surface area contributed by atoms with E-state index in [0.717, 1.165) is 32.3 Å². The number of rotatable bonds is 9. The Kier molecular flexibility index (Phi) is 10.4. The van der Waals surface area contributed by atoms with E-state index < -0.39 is 41.0 Å². The average Bonchev–Trinajstić information content (AvgIpc) is 3.03. The number of carbonyl (C=O) groups excluding carboxylic acids is 3. The van der Waals surface area contributed by atoms with Crippen molar-refractivity contribution in [2.45, 2.75) is 59.2 Å². The number of aryl methyl sites for hydroxylation is 2. The van der Waals surface area contributed by atoms with E-state index in [-0.39, 0.29) is 13.0 Å². The Balaban J connectivity index is 1.58. The first kappa shape index (κ1) is 34.9. The summed E-state index contributed by atoms with van der Waals surface area (Å²) in [5.41, 5.74) is 4.56. The second kappa shape index (κ2) is 14.3. The molecule has 0 saturated heterocycles. The van der Waals surface area contributed by atoms with Gasteiger partial charge in [-0.25, -0.2) is 0 Å². The van der Waals surface area contributed by atoms with Gasteiger partial charge in [-0.2, -0.15) is 0 Å². The topological polar surface area (TPSA) is 114 Å². The summed E-state index contributed by atoms with van der Waals surface area (Å²) in [6, 6.07) is 24.0. The van der Waals surface area contributed by atoms with E-state index >= 15 is 0 Å². The number of Topliss-reactive ketones (excluding diaryl/α,β-unsaturated/α-hetero) is 1. The number of nitrogens with one attached hydrogen (secondary N) is 2. The number of carbonyl (C=O) groups is 3. The SMILES string of the molecule is COc1cc(C2C(C(=O)Nc3cccc(C)c3C)C(=O)CC(C)(O)C2C(=O)Nc2cccc(C)c2C)ccc1OCc1cccc(Br)c1. The quantitative estimate of drug-likeness (QED) is 0.154. The van der Waals surface area contributed by atoms with Crippen LogP contribution in [0.2, 0.25) is 0 Å². The van der Waals surface area contributed by atoms with Crippen molar-refractivity contribution in [3.8, 4) is 11.5 Å². The number of hydrogen-bond acceptors (Lipinski definition) is 6. The van der Waals surface area contributed by atoms with Gasteiger partial charge in [0.1, 0.15) is 18.3 Å². The van der Waals surface area contributed by atoms with Crippen molar-refractivity contribution in [1.29, 1.82) is 0 Å². The first-order valence-electron chi connectivity index (χ1n) is 15.8. The Hall–Kier alpha value is -4.47. The Morgan fingerprint density at radius 1 is 0.854 bits per heavy atom. The highest BCUT2D eigenvalue weighted by Gasteiger charge is 2.56. The monoisotopic (exact) mass is 712 g/mol. The molecule has 0 bridgehead atoms. The molecule has 250 valence electrons. The van der Waals surface area contributed by atoms with Crippen LogP contribution in [0.25, 0.3) is 0 Å². The largest absolute Gasteiger partial charge is 0.493 e. The lowest BCUT2D eigenvalue weighted by atomic mass is 9.61. The van der Waals surface area contributed by atoms with E-state index in [1.165, 1.54) is 14.0 Å². The highest BCUT2D eigenvalue weighted by Crippen LogP contribution is 2.48. The van der Waals surface area contributed by atoms with Gasteiger partial charge < -0.3 is 25.2 Å². The number of halogens is 1. The van der Waals surface area contributed by atoms with Crippen LogP contribution in [0.4, 0.5) is 11.4 Å². The third-order valence-corrected chi connectivity index (χ3v) is 9.91. The summed E-state index contributed by atoms with van der Waals surface area (Å²) in [7, 11) is 1.50. The van der Waals surface area contributed by atoms with Crippen molar-refractivity contribution in [3.63, 3.8) is 0 Å². The third kappa shape index (κ3) is 7.32. The number of benzene rings is 4. The van der Waals surface area contributed by atoms with Gasteiger partial charge in [-0.1, -0.05) is 58.4 Å². The van der Waals surface area contributed by atoms with Crippen LogP contribution in [-0.2, 0) is 21.0 Å². The molecule has 8 nitrogen and oxygen atoms in total. The van der Waals surface area contributed by atoms with E-state index in [9.17, 15) is 19.5 Å². The minimum Gasteiger partial charge on any atom is -0.493 e. The number of methoxy groups -OCH3 is 1. The average molecular weight is 714 g/mol. The molecule has 0 spiro atoms. The van der Waals surface area contributed by atoms with Crippen molar-refractivity contribution in [2.24, 2.45) is 11.8 Å². The summed E-state index contributed by atoms with van der Waals surface area (Å²) in [4.78, 5) is 42.4. The van der Waals surface area contributed by atoms with E-state index in [2.05, 4.69) is 26.6 Å². The lowest BCUT2D eigenvalue weighted by Gasteiger charge is -2.44. The molecule has 1 aliphatic carbocycles. The molecule has 9 heteroatoms. The summed E-state index contributed by atoms with van der Waals surface area (Å²) in [6.45, 7) is 9.45. The lowest BCUT2D eigenvalue weighted by molar-refractivity contribution is -0.150. The van der Waals surface area contributed by atoms with Crippen molar-refractivity contribution in [1.82, 2.24) is 0 Å². The maximum Gasteiger partial charge on any atom is 0.235 e. The molecule has 1 aliphatic rings. The van der Waals surface area contributed by atoms with E-state index in [1.54, 1.807) is 30.3 Å². The molecule has 1 saturated carbocycles. The summed E-state index contributed by atoms with van der Waals surface area (Å²) >= 11 is 3.48. The number of anilines is 2. The van der Waals surface area contributed by atoms with Gasteiger partial charge in [0.25, 0.3) is 0 Å². The van der Waals surface area contributed by atoms with Gasteiger partial charge in [-0.05, 0) is 104 Å². The molecule has 4 aromatic carbocycles. The number of amides is 2. The van der Waals surface area contributed by atoms with Crippen molar-refractivity contribution < 1.29 is 29.0 Å². The second-order valence-corrected chi connectivity index (χ2v) is 13.7. The van der Waals surface area contributed by atoms with Crippen molar-refractivity contribution in [3.05, 3.63) is 117 Å². The molecule has 0 aliphatic heterocycles. The van der Waals surface area contributed by atoms with Crippen LogP contribution in [-0.4, -0.2) is 35.4 Å². The molecule has 0 heterocycles. The fraction of sp³-hybridized carbons (Fsp3) is 0.308. The van der Waals surface area contributed by atoms with Crippen LogP contribution in [0.3, 0.4) is 0 Å². The Morgan fingerprint density at radius 3 is 2.06 bits per heavy atom. The summed E-state index contributed by atoms with van der Waals surface area (Å²) in [6.07, 6.45) is -0.371. The zero-order valence-electron chi connectivity index (χ0n) is 28.0. The number of hydrogen-bond donors (Lipinski definition) is 3. The zero-order valence-corrected chi connectivity index (χ0v) is 29.6. The smallest absolute Gasteiger partial charge is 0.235 e. The molecule has 1 fully saturated rings. The zero-order chi connectivity index (χ0) is 34.7. The minimum absolute atomic E-state index is 0.271. The molecular formula is C39H41BrN2O6. The minimum atomic E-state index is -1.76. The Labute approximate surface area is 290 Å². The van der Waals surface area contributed by atoms with Crippen LogP contribution in [0.1, 0.15) is 52.6 Å². The maximum atomic E-state index is 14.3. The van der Waals surface area contributed by atoms with E-state index in [0.29, 0.717) is 28.4 Å². The predicted octanol–water partition coefficient (Wildman–Crippen LogP) is 7.59. The third-order valence-electron chi connectivity index (χ3n) is 9.41. The number of ketones is 1. The van der Waals surface area contributed by atoms with Gasteiger partial charge in [0, 0.05) is 28.2 Å². The van der Waals surface area contributed by atoms with Gasteiger partial charge in [0.2, 0.25) is 11.8 Å². The Morgan fingerprint density at radius 2 is 1.46 bits per heavy atom. The second-order valence-electron chi connectivity index (χ2n) is 12.8. The number of aliphatic hydroxyl groups is 1. The molecule has 4 aromatic rings. The molecule has 4 atom stereocenters. The van der Waals surface area contributed by atoms with E-state index in [1.807, 2.05) is 76.2 Å². The first-order valence-corrected chi connectivity index (χ1v) is 16.6. The van der Waals surface area contributed by atoms with Gasteiger partial charge in [0.15, 0.2) is 11.5 Å². The van der Waals surface area contributed by atoms with Crippen molar-refractivity contribution >= 4 is 44.9 Å². The van der Waals surface area contributed by atoms with Gasteiger partial charge >= 0.3 is 0 Å². The van der Waals surface area contributed by atoms with Crippen LogP contribution < -0.4 is 20.1 Å². The van der Waals surface area contributed by atoms with Gasteiger partial charge in [-0.3, -0.25) is 14.4 Å². The highest BCUT2D eigenvalue weighted by atomic mass is 79.9. The fourth-order valence-corrected chi connectivity index (χ4v) is 6.93. The summed E-state index contributed by atoms with van der Waals surface area (Å²) in [5.74, 6) is -4.19. The predicted molar refractivity (Wildman–Crippen MR) is 191 cm³/mol. The summed E-state index contributed by atoms with van der Waals surface area (Å²) < 4.78 is 12.8. The maximum absolute atomic E-state index is 14.3. The van der Waals surface area contributed by atoms with Crippen LogP contribution >= 0.6 is 15.9 Å². The molecule has 0 radical (unpaired) electrons. The van der Waals surface area contributed by atoms with Crippen LogP contribution in [0.5, 0.6) is 11.5 Å². The molecular weight excluding hydrogens is 672 g/mol. The first-order chi connectivity index (χ1) is 22.8. The lowest BCUT2D eigenvalue weighted by Crippen LogP contribution is -2.56. The molecule has 2 amide bonds. The molecule has 3 N–H and O–H groups in total. The van der Waals surface area contributed by atoms with E-state index in [4.69, 9.17) is 9.47 Å². The Bertz CT molecular complexity index is 1870. The summed E-state index contributed by atoms with van der Waals surface area (Å²) in [5, 5.41) is 17.8. The van der Waals surface area contributed by atoms with Gasteiger partial charge in [0.05, 0.1) is 18.6 Å². The fourth-order valence-electron chi connectivity index (χ4n) is 6.48. The molecule has 0 aromatic heterocycles. The normalized spacial score (nSPS) is 20.6. The standard InChI is InChI=1S/C39H41BrN2O6/c1-22-10-7-14-29(24(22)3)41-37(44)35-31(43)20-39(5,46)36(38(45)42-30-15-8-11-23(2)25(30)4)34(35)27-16-17-32(33(19-27)47-6)48-21-26-12-9-13-28(40)18-26/h7-19,34-36,46H,20-21H2,1-6H3,(H,41,44)(H,42,45).